The summed E-state index contributed by atoms with van der Waals surface area (Å²) < 4.78 is 0.886. The summed E-state index contributed by atoms with van der Waals surface area (Å²) in [6, 6.07) is 3.18. The minimum Gasteiger partial charge on any atom is -0.307 e. The molecule has 0 amide bonds. The van der Waals surface area contributed by atoms with Gasteiger partial charge in [-0.25, -0.2) is 0 Å². The van der Waals surface area contributed by atoms with Crippen LogP contribution in [0.1, 0.15) is 31.4 Å². The Bertz CT molecular complexity index is 307. The van der Waals surface area contributed by atoms with Crippen LogP contribution in [0.4, 0.5) is 0 Å². The van der Waals surface area contributed by atoms with Crippen molar-refractivity contribution in [3.05, 3.63) is 21.3 Å². The summed E-state index contributed by atoms with van der Waals surface area (Å²) >= 11 is 9.61. The smallest absolute Gasteiger partial charge is 0.0931 e. The van der Waals surface area contributed by atoms with E-state index in [1.807, 2.05) is 0 Å². The Morgan fingerprint density at radius 1 is 1.60 bits per heavy atom. The first kappa shape index (κ1) is 11.8. The van der Waals surface area contributed by atoms with Gasteiger partial charge in [-0.15, -0.1) is 11.3 Å². The minimum absolute atomic E-state index is 0.428. The molecule has 1 N–H and O–H groups in total. The van der Waals surface area contributed by atoms with Crippen LogP contribution in [-0.2, 0) is 0 Å². The van der Waals surface area contributed by atoms with E-state index >= 15 is 0 Å². The first-order valence-electron chi connectivity index (χ1n) is 5.33. The molecule has 1 fully saturated rings. The molecule has 1 aliphatic heterocycles. The highest BCUT2D eigenvalue weighted by molar-refractivity contribution is 7.99. The molecule has 2 unspecified atom stereocenters. The number of hydrogen-bond donors (Lipinski definition) is 1. The van der Waals surface area contributed by atoms with Crippen molar-refractivity contribution >= 4 is 34.7 Å². The van der Waals surface area contributed by atoms with Crippen LogP contribution in [-0.4, -0.2) is 17.5 Å². The molecular formula is C11H16ClNS2. The molecule has 0 aromatic carbocycles. The van der Waals surface area contributed by atoms with Crippen LogP contribution in [0.25, 0.3) is 0 Å². The van der Waals surface area contributed by atoms with Gasteiger partial charge in [0.1, 0.15) is 0 Å². The molecule has 4 heteroatoms. The molecule has 84 valence electrons. The second-order valence-corrected chi connectivity index (χ2v) is 6.68. The van der Waals surface area contributed by atoms with Crippen molar-refractivity contribution in [1.82, 2.24) is 5.32 Å². The highest BCUT2D eigenvalue weighted by atomic mass is 35.5. The van der Waals surface area contributed by atoms with E-state index in [4.69, 9.17) is 11.6 Å². The molecule has 0 saturated carbocycles. The van der Waals surface area contributed by atoms with Gasteiger partial charge < -0.3 is 5.32 Å². The van der Waals surface area contributed by atoms with Gasteiger partial charge in [-0.3, -0.25) is 0 Å². The Hall–Kier alpha value is 0.300. The van der Waals surface area contributed by atoms with E-state index in [1.54, 1.807) is 11.3 Å². The monoisotopic (exact) mass is 261 g/mol. The Morgan fingerprint density at radius 3 is 3.07 bits per heavy atom. The normalized spacial score (nSPS) is 24.0. The maximum atomic E-state index is 5.93. The molecule has 1 aliphatic rings. The number of rotatable bonds is 3. The largest absolute Gasteiger partial charge is 0.307 e. The van der Waals surface area contributed by atoms with Crippen molar-refractivity contribution in [3.63, 3.8) is 0 Å². The molecule has 0 aliphatic carbocycles. The van der Waals surface area contributed by atoms with Crippen molar-refractivity contribution in [2.24, 2.45) is 0 Å². The van der Waals surface area contributed by atoms with E-state index in [9.17, 15) is 0 Å². The highest BCUT2D eigenvalue weighted by Gasteiger charge is 2.17. The molecule has 0 bridgehead atoms. The van der Waals surface area contributed by atoms with Crippen LogP contribution in [0.5, 0.6) is 0 Å². The molecule has 1 nitrogen and oxygen atoms in total. The summed E-state index contributed by atoms with van der Waals surface area (Å²) in [6.07, 6.45) is 2.66. The summed E-state index contributed by atoms with van der Waals surface area (Å²) in [5.74, 6) is 2.58. The van der Waals surface area contributed by atoms with E-state index in [2.05, 4.69) is 35.4 Å². The molecule has 2 heterocycles. The number of nitrogens with one attached hydrogen (secondary N) is 1. The average molecular weight is 262 g/mol. The van der Waals surface area contributed by atoms with E-state index in [-0.39, 0.29) is 0 Å². The summed E-state index contributed by atoms with van der Waals surface area (Å²) in [7, 11) is 0. The lowest BCUT2D eigenvalue weighted by atomic mass is 10.1. The minimum atomic E-state index is 0.428. The van der Waals surface area contributed by atoms with Gasteiger partial charge >= 0.3 is 0 Å². The lowest BCUT2D eigenvalue weighted by Crippen LogP contribution is -2.35. The standard InChI is InChI=1S/C11H16ClNS2/c1-8(9-5-11(12)15-6-9)13-10-3-2-4-14-7-10/h5-6,8,10,13H,2-4,7H2,1H3. The van der Waals surface area contributed by atoms with Crippen LogP contribution < -0.4 is 5.32 Å². The van der Waals surface area contributed by atoms with Crippen LogP contribution >= 0.6 is 34.7 Å². The maximum Gasteiger partial charge on any atom is 0.0931 e. The first-order chi connectivity index (χ1) is 7.25. The third-order valence-corrected chi connectivity index (χ3v) is 5.06. The van der Waals surface area contributed by atoms with Crippen molar-refractivity contribution in [1.29, 1.82) is 0 Å². The average Bonchev–Trinajstić information content (AvgIpc) is 2.66. The lowest BCUT2D eigenvalue weighted by Gasteiger charge is -2.26. The Morgan fingerprint density at radius 2 is 2.47 bits per heavy atom. The van der Waals surface area contributed by atoms with Gasteiger partial charge in [0.15, 0.2) is 0 Å². The molecule has 15 heavy (non-hydrogen) atoms. The molecule has 0 radical (unpaired) electrons. The molecule has 0 spiro atoms. The van der Waals surface area contributed by atoms with Crippen LogP contribution in [0.3, 0.4) is 0 Å². The quantitative estimate of drug-likeness (QED) is 0.884. The van der Waals surface area contributed by atoms with Gasteiger partial charge in [0.25, 0.3) is 0 Å². The van der Waals surface area contributed by atoms with Crippen molar-refractivity contribution < 1.29 is 0 Å². The fourth-order valence-electron chi connectivity index (χ4n) is 1.87. The molecule has 2 atom stereocenters. The lowest BCUT2D eigenvalue weighted by molar-refractivity contribution is 0.453. The predicted octanol–water partition coefficient (Wildman–Crippen LogP) is 3.95. The zero-order chi connectivity index (χ0) is 10.7. The van der Waals surface area contributed by atoms with Gasteiger partial charge in [-0.1, -0.05) is 11.6 Å². The second kappa shape index (κ2) is 5.58. The third-order valence-electron chi connectivity index (χ3n) is 2.73. The van der Waals surface area contributed by atoms with Crippen LogP contribution in [0.15, 0.2) is 11.4 Å². The van der Waals surface area contributed by atoms with Gasteiger partial charge in [-0.05, 0) is 42.5 Å². The van der Waals surface area contributed by atoms with Gasteiger partial charge in [0.05, 0.1) is 4.34 Å². The van der Waals surface area contributed by atoms with Crippen LogP contribution in [0.2, 0.25) is 4.34 Å². The van der Waals surface area contributed by atoms with Crippen molar-refractivity contribution in [3.8, 4) is 0 Å². The Kier molecular flexibility index (Phi) is 4.38. The molecule has 1 aromatic rings. The Labute approximate surface area is 105 Å². The molecule has 2 rings (SSSR count). The zero-order valence-electron chi connectivity index (χ0n) is 8.83. The first-order valence-corrected chi connectivity index (χ1v) is 7.74. The molecule has 1 aromatic heterocycles. The van der Waals surface area contributed by atoms with Gasteiger partial charge in [0, 0.05) is 17.8 Å². The number of thiophene rings is 1. The fraction of sp³-hybridized carbons (Fsp3) is 0.636. The van der Waals surface area contributed by atoms with E-state index < -0.39 is 0 Å². The van der Waals surface area contributed by atoms with E-state index in [0.29, 0.717) is 12.1 Å². The predicted molar refractivity (Wildman–Crippen MR) is 71.2 cm³/mol. The highest BCUT2D eigenvalue weighted by Crippen LogP contribution is 2.26. The maximum absolute atomic E-state index is 5.93. The number of thioether (sulfide) groups is 1. The molecule has 1 saturated heterocycles. The fourth-order valence-corrected chi connectivity index (χ4v) is 3.94. The van der Waals surface area contributed by atoms with E-state index in [0.717, 1.165) is 4.34 Å². The van der Waals surface area contributed by atoms with Crippen molar-refractivity contribution in [2.45, 2.75) is 31.8 Å². The summed E-state index contributed by atoms with van der Waals surface area (Å²) in [5, 5.41) is 5.82. The third kappa shape index (κ3) is 3.38. The topological polar surface area (TPSA) is 12.0 Å². The SMILES string of the molecule is CC(NC1CCCSC1)c1csc(Cl)c1. The summed E-state index contributed by atoms with van der Waals surface area (Å²) in [4.78, 5) is 0. The number of hydrogen-bond acceptors (Lipinski definition) is 3. The van der Waals surface area contributed by atoms with Gasteiger partial charge in [0.2, 0.25) is 0 Å². The molecular weight excluding hydrogens is 246 g/mol. The van der Waals surface area contributed by atoms with E-state index in [1.165, 1.54) is 29.9 Å². The second-order valence-electron chi connectivity index (χ2n) is 3.99. The zero-order valence-corrected chi connectivity index (χ0v) is 11.2. The summed E-state index contributed by atoms with van der Waals surface area (Å²) in [6.45, 7) is 2.22. The van der Waals surface area contributed by atoms with Gasteiger partial charge in [-0.2, -0.15) is 11.8 Å². The number of halogens is 1. The summed E-state index contributed by atoms with van der Waals surface area (Å²) in [5.41, 5.74) is 1.32. The Balaban J connectivity index is 1.88. The van der Waals surface area contributed by atoms with Crippen LogP contribution in [0, 0.1) is 0 Å². The van der Waals surface area contributed by atoms with Crippen molar-refractivity contribution in [2.75, 3.05) is 11.5 Å².